The number of halogens is 1. The fourth-order valence-corrected chi connectivity index (χ4v) is 3.50. The Kier molecular flexibility index (Phi) is 4.77. The molecule has 2 aromatic rings. The molecule has 2 fully saturated rings. The van der Waals surface area contributed by atoms with Gasteiger partial charge in [-0.05, 0) is 56.3 Å². The molecule has 25 heavy (non-hydrogen) atoms. The van der Waals surface area contributed by atoms with E-state index in [4.69, 9.17) is 11.6 Å². The zero-order valence-corrected chi connectivity index (χ0v) is 15.0. The summed E-state index contributed by atoms with van der Waals surface area (Å²) in [5.74, 6) is 0.964. The molecule has 0 bridgehead atoms. The number of hydrogen-bond acceptors (Lipinski definition) is 3. The van der Waals surface area contributed by atoms with E-state index in [1.165, 1.54) is 12.8 Å². The Hall–Kier alpha value is -1.85. The van der Waals surface area contributed by atoms with E-state index in [9.17, 15) is 4.79 Å². The lowest BCUT2D eigenvalue weighted by molar-refractivity contribution is 0.0705. The Morgan fingerprint density at radius 2 is 2.04 bits per heavy atom. The van der Waals surface area contributed by atoms with E-state index < -0.39 is 0 Å². The van der Waals surface area contributed by atoms with Crippen molar-refractivity contribution >= 4 is 17.5 Å². The smallest absolute Gasteiger partial charge is 0.257 e. The number of amides is 1. The van der Waals surface area contributed by atoms with Gasteiger partial charge in [-0.25, -0.2) is 4.68 Å². The van der Waals surface area contributed by atoms with Gasteiger partial charge in [-0.15, -0.1) is 0 Å². The molecule has 0 radical (unpaired) electrons. The Morgan fingerprint density at radius 1 is 1.24 bits per heavy atom. The van der Waals surface area contributed by atoms with Crippen LogP contribution in [-0.4, -0.2) is 46.3 Å². The SMILES string of the molecule is O=C(c1cnn(-c2cccc(Cl)c2)c1)N1CCC(NCC2CC2)CC1. The molecule has 2 aliphatic rings. The molecular formula is C19H23ClN4O. The molecule has 1 aromatic heterocycles. The molecule has 1 saturated carbocycles. The van der Waals surface area contributed by atoms with Crippen LogP contribution in [0.1, 0.15) is 36.0 Å². The minimum absolute atomic E-state index is 0.0638. The minimum atomic E-state index is 0.0638. The third kappa shape index (κ3) is 4.05. The van der Waals surface area contributed by atoms with E-state index >= 15 is 0 Å². The van der Waals surface area contributed by atoms with Crippen molar-refractivity contribution in [1.29, 1.82) is 0 Å². The maximum atomic E-state index is 12.7. The summed E-state index contributed by atoms with van der Waals surface area (Å²) in [7, 11) is 0. The van der Waals surface area contributed by atoms with Crippen LogP contribution in [0.25, 0.3) is 5.69 Å². The second kappa shape index (κ2) is 7.18. The molecule has 132 valence electrons. The Balaban J connectivity index is 1.35. The van der Waals surface area contributed by atoms with E-state index in [0.29, 0.717) is 16.6 Å². The molecule has 4 rings (SSSR count). The third-order valence-corrected chi connectivity index (χ3v) is 5.31. The van der Waals surface area contributed by atoms with Gasteiger partial charge in [0.2, 0.25) is 0 Å². The van der Waals surface area contributed by atoms with Crippen molar-refractivity contribution in [2.75, 3.05) is 19.6 Å². The summed E-state index contributed by atoms with van der Waals surface area (Å²) in [6.07, 6.45) is 8.23. The summed E-state index contributed by atoms with van der Waals surface area (Å²) in [5, 5.41) is 8.61. The molecule has 1 saturated heterocycles. The molecule has 1 aromatic carbocycles. The highest BCUT2D eigenvalue weighted by molar-refractivity contribution is 6.30. The lowest BCUT2D eigenvalue weighted by Gasteiger charge is -2.32. The first-order chi connectivity index (χ1) is 12.2. The van der Waals surface area contributed by atoms with Gasteiger partial charge in [0.05, 0.1) is 17.4 Å². The van der Waals surface area contributed by atoms with E-state index in [1.807, 2.05) is 29.2 Å². The zero-order chi connectivity index (χ0) is 17.2. The minimum Gasteiger partial charge on any atom is -0.338 e. The summed E-state index contributed by atoms with van der Waals surface area (Å²) in [5.41, 5.74) is 1.49. The molecule has 0 spiro atoms. The van der Waals surface area contributed by atoms with Crippen molar-refractivity contribution in [1.82, 2.24) is 20.0 Å². The lowest BCUT2D eigenvalue weighted by Crippen LogP contribution is -2.45. The van der Waals surface area contributed by atoms with Gasteiger partial charge in [-0.1, -0.05) is 17.7 Å². The van der Waals surface area contributed by atoms with Gasteiger partial charge < -0.3 is 10.2 Å². The first-order valence-electron chi connectivity index (χ1n) is 9.02. The van der Waals surface area contributed by atoms with Crippen LogP contribution in [0.4, 0.5) is 0 Å². The first kappa shape index (κ1) is 16.6. The fraction of sp³-hybridized carbons (Fsp3) is 0.474. The van der Waals surface area contributed by atoms with E-state index in [0.717, 1.165) is 44.1 Å². The third-order valence-electron chi connectivity index (χ3n) is 5.08. The van der Waals surface area contributed by atoms with Crippen LogP contribution in [-0.2, 0) is 0 Å². The second-order valence-corrected chi connectivity index (χ2v) is 7.51. The van der Waals surface area contributed by atoms with Crippen molar-refractivity contribution in [3.8, 4) is 5.69 Å². The summed E-state index contributed by atoms with van der Waals surface area (Å²) in [4.78, 5) is 14.7. The molecule has 6 heteroatoms. The number of rotatable bonds is 5. The Morgan fingerprint density at radius 3 is 2.76 bits per heavy atom. The normalized spacial score (nSPS) is 18.5. The Bertz CT molecular complexity index is 747. The van der Waals surface area contributed by atoms with Gasteiger partial charge in [0.15, 0.2) is 0 Å². The first-order valence-corrected chi connectivity index (χ1v) is 9.40. The molecule has 2 heterocycles. The zero-order valence-electron chi connectivity index (χ0n) is 14.2. The number of likely N-dealkylation sites (tertiary alicyclic amines) is 1. The average Bonchev–Trinajstić information content (AvgIpc) is 3.33. The van der Waals surface area contributed by atoms with Crippen LogP contribution in [0.2, 0.25) is 5.02 Å². The van der Waals surface area contributed by atoms with Crippen molar-refractivity contribution in [2.24, 2.45) is 5.92 Å². The molecule has 1 N–H and O–H groups in total. The molecular weight excluding hydrogens is 336 g/mol. The number of aromatic nitrogens is 2. The van der Waals surface area contributed by atoms with Gasteiger partial charge in [0.1, 0.15) is 0 Å². The maximum Gasteiger partial charge on any atom is 0.257 e. The quantitative estimate of drug-likeness (QED) is 0.893. The number of hydrogen-bond donors (Lipinski definition) is 1. The van der Waals surface area contributed by atoms with Crippen molar-refractivity contribution in [3.05, 3.63) is 47.2 Å². The van der Waals surface area contributed by atoms with E-state index in [2.05, 4.69) is 10.4 Å². The topological polar surface area (TPSA) is 50.2 Å². The number of nitrogens with one attached hydrogen (secondary N) is 1. The molecule has 0 atom stereocenters. The van der Waals surface area contributed by atoms with Crippen LogP contribution < -0.4 is 5.32 Å². The Labute approximate surface area is 153 Å². The summed E-state index contributed by atoms with van der Waals surface area (Å²) < 4.78 is 1.70. The fourth-order valence-electron chi connectivity index (χ4n) is 3.32. The van der Waals surface area contributed by atoms with Gasteiger partial charge in [-0.3, -0.25) is 4.79 Å². The van der Waals surface area contributed by atoms with E-state index in [1.54, 1.807) is 17.1 Å². The van der Waals surface area contributed by atoms with Gasteiger partial charge >= 0.3 is 0 Å². The molecule has 5 nitrogen and oxygen atoms in total. The highest BCUT2D eigenvalue weighted by atomic mass is 35.5. The molecule has 1 aliphatic heterocycles. The number of carbonyl (C=O) groups is 1. The van der Waals surface area contributed by atoms with Crippen LogP contribution in [0.3, 0.4) is 0 Å². The van der Waals surface area contributed by atoms with Crippen molar-refractivity contribution in [3.63, 3.8) is 0 Å². The average molecular weight is 359 g/mol. The van der Waals surface area contributed by atoms with Gasteiger partial charge in [-0.2, -0.15) is 5.10 Å². The maximum absolute atomic E-state index is 12.7. The molecule has 1 amide bonds. The number of benzene rings is 1. The molecule has 1 aliphatic carbocycles. The summed E-state index contributed by atoms with van der Waals surface area (Å²) in [6.45, 7) is 2.76. The number of nitrogens with zero attached hydrogens (tertiary/aromatic N) is 3. The summed E-state index contributed by atoms with van der Waals surface area (Å²) in [6, 6.07) is 8.01. The van der Waals surface area contributed by atoms with Gasteiger partial charge in [0, 0.05) is 30.4 Å². The standard InChI is InChI=1S/C19H23ClN4O/c20-16-2-1-3-18(10-16)24-13-15(12-22-24)19(25)23-8-6-17(7-9-23)21-11-14-4-5-14/h1-3,10,12-14,17,21H,4-9,11H2. The van der Waals surface area contributed by atoms with E-state index in [-0.39, 0.29) is 5.91 Å². The lowest BCUT2D eigenvalue weighted by atomic mass is 10.0. The van der Waals surface area contributed by atoms with Crippen molar-refractivity contribution in [2.45, 2.75) is 31.7 Å². The predicted octanol–water partition coefficient (Wildman–Crippen LogP) is 3.13. The van der Waals surface area contributed by atoms with Crippen molar-refractivity contribution < 1.29 is 4.79 Å². The number of piperidine rings is 1. The largest absolute Gasteiger partial charge is 0.338 e. The highest BCUT2D eigenvalue weighted by Crippen LogP contribution is 2.28. The predicted molar refractivity (Wildman–Crippen MR) is 98.2 cm³/mol. The number of carbonyl (C=O) groups excluding carboxylic acids is 1. The molecule has 0 unspecified atom stereocenters. The summed E-state index contributed by atoms with van der Waals surface area (Å²) >= 11 is 6.03. The second-order valence-electron chi connectivity index (χ2n) is 7.07. The highest BCUT2D eigenvalue weighted by Gasteiger charge is 2.26. The van der Waals surface area contributed by atoms with Crippen LogP contribution in [0.5, 0.6) is 0 Å². The monoisotopic (exact) mass is 358 g/mol. The van der Waals surface area contributed by atoms with Crippen LogP contribution in [0, 0.1) is 5.92 Å². The van der Waals surface area contributed by atoms with Crippen LogP contribution >= 0.6 is 11.6 Å². The van der Waals surface area contributed by atoms with Crippen LogP contribution in [0.15, 0.2) is 36.7 Å². The van der Waals surface area contributed by atoms with Gasteiger partial charge in [0.25, 0.3) is 5.91 Å².